The minimum absolute atomic E-state index is 0.0910. The third-order valence-corrected chi connectivity index (χ3v) is 3.21. The van der Waals surface area contributed by atoms with Gasteiger partial charge in [0.05, 0.1) is 18.2 Å². The van der Waals surface area contributed by atoms with Crippen molar-refractivity contribution in [1.82, 2.24) is 9.55 Å². The van der Waals surface area contributed by atoms with Gasteiger partial charge in [-0.3, -0.25) is 0 Å². The van der Waals surface area contributed by atoms with Crippen molar-refractivity contribution in [2.24, 2.45) is 5.92 Å². The number of methoxy groups -OCH3 is 1. The Morgan fingerprint density at radius 1 is 1.37 bits per heavy atom. The van der Waals surface area contributed by atoms with Crippen molar-refractivity contribution in [2.45, 2.75) is 19.9 Å². The molecule has 0 spiro atoms. The van der Waals surface area contributed by atoms with Gasteiger partial charge in [0.2, 0.25) is 5.95 Å². The molecule has 0 amide bonds. The van der Waals surface area contributed by atoms with E-state index in [2.05, 4.69) is 4.98 Å². The number of fused-ring (bicyclic) bond motifs is 1. The summed E-state index contributed by atoms with van der Waals surface area (Å²) in [4.78, 5) is 4.08. The van der Waals surface area contributed by atoms with Crippen LogP contribution in [0.3, 0.4) is 0 Å². The normalized spacial score (nSPS) is 13.4. The van der Waals surface area contributed by atoms with Gasteiger partial charge in [0.15, 0.2) is 11.6 Å². The van der Waals surface area contributed by atoms with Crippen molar-refractivity contribution in [1.29, 1.82) is 0 Å². The van der Waals surface area contributed by atoms with Crippen LogP contribution in [-0.4, -0.2) is 23.3 Å². The van der Waals surface area contributed by atoms with Gasteiger partial charge in [0.1, 0.15) is 5.52 Å². The number of nitrogen functional groups attached to an aromatic ring is 1. The van der Waals surface area contributed by atoms with Gasteiger partial charge in [0.25, 0.3) is 0 Å². The lowest BCUT2D eigenvalue weighted by molar-refractivity contribution is 0.136. The molecule has 4 nitrogen and oxygen atoms in total. The Hall–Kier alpha value is -1.69. The van der Waals surface area contributed by atoms with E-state index >= 15 is 0 Å². The first kappa shape index (κ1) is 13.7. The molecular weight excluding hydrogens is 252 g/mol. The fourth-order valence-corrected chi connectivity index (χ4v) is 2.21. The van der Waals surface area contributed by atoms with Crippen molar-refractivity contribution in [2.75, 3.05) is 19.5 Å². The van der Waals surface area contributed by atoms with Crippen molar-refractivity contribution in [3.8, 4) is 0 Å². The van der Waals surface area contributed by atoms with Gasteiger partial charge in [-0.25, -0.2) is 13.8 Å². The maximum absolute atomic E-state index is 14.0. The predicted molar refractivity (Wildman–Crippen MR) is 69.8 cm³/mol. The Kier molecular flexibility index (Phi) is 3.71. The van der Waals surface area contributed by atoms with Gasteiger partial charge in [-0.2, -0.15) is 0 Å². The maximum atomic E-state index is 14.0. The van der Waals surface area contributed by atoms with E-state index < -0.39 is 11.6 Å². The number of ether oxygens (including phenoxy) is 1. The summed E-state index contributed by atoms with van der Waals surface area (Å²) in [6, 6.07) is 2.27. The first-order valence-corrected chi connectivity index (χ1v) is 6.07. The van der Waals surface area contributed by atoms with Gasteiger partial charge in [-0.15, -0.1) is 0 Å². The third-order valence-electron chi connectivity index (χ3n) is 3.21. The van der Waals surface area contributed by atoms with Crippen LogP contribution in [0, 0.1) is 17.6 Å². The molecule has 0 saturated heterocycles. The lowest BCUT2D eigenvalue weighted by atomic mass is 10.0. The average Bonchev–Trinajstić information content (AvgIpc) is 2.68. The molecule has 0 fully saturated rings. The number of benzene rings is 1. The highest BCUT2D eigenvalue weighted by Crippen LogP contribution is 2.30. The van der Waals surface area contributed by atoms with E-state index in [9.17, 15) is 8.78 Å². The third kappa shape index (κ3) is 2.28. The van der Waals surface area contributed by atoms with Crippen LogP contribution in [0.2, 0.25) is 0 Å². The molecule has 6 heteroatoms. The zero-order valence-corrected chi connectivity index (χ0v) is 11.2. The molecule has 0 radical (unpaired) electrons. The molecule has 2 rings (SSSR count). The average molecular weight is 269 g/mol. The number of anilines is 1. The highest BCUT2D eigenvalue weighted by Gasteiger charge is 2.24. The highest BCUT2D eigenvalue weighted by atomic mass is 19.2. The number of nitrogens with two attached hydrogens (primary N) is 1. The summed E-state index contributed by atoms with van der Waals surface area (Å²) in [6.45, 7) is 4.28. The Morgan fingerprint density at radius 2 is 2.05 bits per heavy atom. The summed E-state index contributed by atoms with van der Waals surface area (Å²) in [7, 11) is 1.56. The van der Waals surface area contributed by atoms with Gasteiger partial charge in [-0.1, -0.05) is 13.8 Å². The highest BCUT2D eigenvalue weighted by molar-refractivity contribution is 5.79. The Balaban J connectivity index is 2.70. The van der Waals surface area contributed by atoms with E-state index in [0.29, 0.717) is 12.1 Å². The SMILES string of the molecule is COCC(C(C)C)n1c(N)nc2ccc(F)c(F)c21. The van der Waals surface area contributed by atoms with Gasteiger partial charge in [0, 0.05) is 7.11 Å². The summed E-state index contributed by atoms with van der Waals surface area (Å²) in [5.41, 5.74) is 6.28. The number of aromatic nitrogens is 2. The van der Waals surface area contributed by atoms with E-state index in [4.69, 9.17) is 10.5 Å². The van der Waals surface area contributed by atoms with Gasteiger partial charge in [-0.05, 0) is 18.1 Å². The molecule has 0 aliphatic rings. The van der Waals surface area contributed by atoms with Crippen LogP contribution in [-0.2, 0) is 4.74 Å². The molecule has 2 N–H and O–H groups in total. The van der Waals surface area contributed by atoms with Crippen LogP contribution >= 0.6 is 0 Å². The second-order valence-electron chi connectivity index (χ2n) is 4.84. The summed E-state index contributed by atoms with van der Waals surface area (Å²) < 4.78 is 34.1. The van der Waals surface area contributed by atoms with E-state index in [1.54, 1.807) is 7.11 Å². The molecule has 19 heavy (non-hydrogen) atoms. The second-order valence-corrected chi connectivity index (χ2v) is 4.84. The first-order chi connectivity index (χ1) is 8.97. The van der Waals surface area contributed by atoms with Crippen molar-refractivity contribution in [3.63, 3.8) is 0 Å². The number of halogens is 2. The number of hydrogen-bond acceptors (Lipinski definition) is 3. The second kappa shape index (κ2) is 5.13. The first-order valence-electron chi connectivity index (χ1n) is 6.07. The summed E-state index contributed by atoms with van der Waals surface area (Å²) in [5, 5.41) is 0. The molecular formula is C13H17F2N3O. The van der Waals surface area contributed by atoms with Gasteiger partial charge < -0.3 is 15.0 Å². The molecule has 2 aromatic rings. The Morgan fingerprint density at radius 3 is 2.63 bits per heavy atom. The molecule has 1 unspecified atom stereocenters. The zero-order valence-electron chi connectivity index (χ0n) is 11.2. The zero-order chi connectivity index (χ0) is 14.2. The quantitative estimate of drug-likeness (QED) is 0.928. The minimum atomic E-state index is -0.927. The smallest absolute Gasteiger partial charge is 0.201 e. The standard InChI is InChI=1S/C13H17F2N3O/c1-7(2)10(6-19-3)18-12-9(17-13(18)16)5-4-8(14)11(12)15/h4-5,7,10H,6H2,1-3H3,(H2,16,17). The number of hydrogen-bond donors (Lipinski definition) is 1. The molecule has 0 aliphatic heterocycles. The fourth-order valence-electron chi connectivity index (χ4n) is 2.21. The largest absolute Gasteiger partial charge is 0.383 e. The molecule has 0 aliphatic carbocycles. The molecule has 0 bridgehead atoms. The predicted octanol–water partition coefficient (Wildman–Crippen LogP) is 2.74. The summed E-state index contributed by atoms with van der Waals surface area (Å²) in [5.74, 6) is -1.53. The van der Waals surface area contributed by atoms with E-state index in [1.165, 1.54) is 10.6 Å². The van der Waals surface area contributed by atoms with Crippen molar-refractivity contribution in [3.05, 3.63) is 23.8 Å². The van der Waals surface area contributed by atoms with E-state index in [1.807, 2.05) is 13.8 Å². The number of rotatable bonds is 4. The van der Waals surface area contributed by atoms with E-state index in [0.717, 1.165) is 6.07 Å². The van der Waals surface area contributed by atoms with Gasteiger partial charge >= 0.3 is 0 Å². The molecule has 0 saturated carbocycles. The molecule has 1 aromatic heterocycles. The van der Waals surface area contributed by atoms with Crippen LogP contribution < -0.4 is 5.73 Å². The monoisotopic (exact) mass is 269 g/mol. The summed E-state index contributed by atoms with van der Waals surface area (Å²) in [6.07, 6.45) is 0. The lowest BCUT2D eigenvalue weighted by Gasteiger charge is -2.23. The van der Waals surface area contributed by atoms with Crippen molar-refractivity contribution >= 4 is 17.0 Å². The summed E-state index contributed by atoms with van der Waals surface area (Å²) >= 11 is 0. The van der Waals surface area contributed by atoms with Crippen molar-refractivity contribution < 1.29 is 13.5 Å². The number of nitrogens with zero attached hydrogens (tertiary/aromatic N) is 2. The Labute approximate surface area is 110 Å². The topological polar surface area (TPSA) is 53.1 Å². The lowest BCUT2D eigenvalue weighted by Crippen LogP contribution is -2.22. The molecule has 1 aromatic carbocycles. The fraction of sp³-hybridized carbons (Fsp3) is 0.462. The molecule has 104 valence electrons. The van der Waals surface area contributed by atoms with Crippen LogP contribution in [0.25, 0.3) is 11.0 Å². The molecule has 1 heterocycles. The van der Waals surface area contributed by atoms with Crippen LogP contribution in [0.1, 0.15) is 19.9 Å². The minimum Gasteiger partial charge on any atom is -0.383 e. The maximum Gasteiger partial charge on any atom is 0.201 e. The van der Waals surface area contributed by atoms with Crippen LogP contribution in [0.4, 0.5) is 14.7 Å². The molecule has 1 atom stereocenters. The number of imidazole rings is 1. The van der Waals surface area contributed by atoms with Crippen LogP contribution in [0.5, 0.6) is 0 Å². The Bertz CT molecular complexity index is 595. The van der Waals surface area contributed by atoms with Crippen LogP contribution in [0.15, 0.2) is 12.1 Å². The van der Waals surface area contributed by atoms with E-state index in [-0.39, 0.29) is 23.4 Å².